The number of hydrogen-bond acceptors (Lipinski definition) is 2. The van der Waals surface area contributed by atoms with Crippen LogP contribution in [0.25, 0.3) is 0 Å². The summed E-state index contributed by atoms with van der Waals surface area (Å²) in [7, 11) is 0. The summed E-state index contributed by atoms with van der Waals surface area (Å²) in [6.07, 6.45) is 13.0. The van der Waals surface area contributed by atoms with Gasteiger partial charge in [-0.2, -0.15) is 0 Å². The lowest BCUT2D eigenvalue weighted by molar-refractivity contribution is 0.281. The molecule has 1 unspecified atom stereocenters. The number of nitrogens with zero attached hydrogens (tertiary/aromatic N) is 1. The van der Waals surface area contributed by atoms with Crippen molar-refractivity contribution in [3.8, 4) is 0 Å². The third-order valence-electron chi connectivity index (χ3n) is 4.03. The zero-order valence-corrected chi connectivity index (χ0v) is 12.2. The Labute approximate surface area is 117 Å². The number of aryl methyl sites for hydroxylation is 2. The summed E-state index contributed by atoms with van der Waals surface area (Å²) >= 11 is 0. The van der Waals surface area contributed by atoms with Crippen molar-refractivity contribution in [3.05, 3.63) is 23.5 Å². The van der Waals surface area contributed by atoms with E-state index in [2.05, 4.69) is 29.2 Å². The van der Waals surface area contributed by atoms with Crippen LogP contribution in [0, 0.1) is 0 Å². The van der Waals surface area contributed by atoms with Crippen molar-refractivity contribution in [1.82, 2.24) is 9.88 Å². The van der Waals surface area contributed by atoms with Gasteiger partial charge in [-0.15, -0.1) is 0 Å². The normalized spacial score (nSPS) is 19.2. The second-order valence-electron chi connectivity index (χ2n) is 5.66. The van der Waals surface area contributed by atoms with Crippen molar-refractivity contribution in [1.29, 1.82) is 0 Å². The molecule has 0 aliphatic heterocycles. The first-order chi connectivity index (χ1) is 9.35. The number of aromatic nitrogens is 1. The van der Waals surface area contributed by atoms with Gasteiger partial charge >= 0.3 is 0 Å². The molecule has 1 aliphatic carbocycles. The van der Waals surface area contributed by atoms with Gasteiger partial charge in [0.1, 0.15) is 0 Å². The van der Waals surface area contributed by atoms with E-state index in [1.807, 2.05) is 0 Å². The lowest BCUT2D eigenvalue weighted by Crippen LogP contribution is -2.21. The third-order valence-corrected chi connectivity index (χ3v) is 4.03. The molecule has 0 saturated carbocycles. The van der Waals surface area contributed by atoms with Gasteiger partial charge in [0.15, 0.2) is 0 Å². The van der Waals surface area contributed by atoms with E-state index in [1.54, 1.807) is 0 Å². The summed E-state index contributed by atoms with van der Waals surface area (Å²) in [6, 6.07) is 0.552. The topological polar surface area (TPSA) is 37.2 Å². The molecule has 19 heavy (non-hydrogen) atoms. The highest BCUT2D eigenvalue weighted by atomic mass is 16.2. The number of aliphatic hydroxyl groups is 1. The Bertz CT molecular complexity index is 373. The van der Waals surface area contributed by atoms with Crippen molar-refractivity contribution in [3.63, 3.8) is 0 Å². The van der Waals surface area contributed by atoms with E-state index in [1.165, 1.54) is 43.2 Å². The van der Waals surface area contributed by atoms with Crippen LogP contribution in [0.15, 0.2) is 12.4 Å². The van der Waals surface area contributed by atoms with Gasteiger partial charge in [-0.1, -0.05) is 13.3 Å². The molecule has 3 heteroatoms. The first-order valence-corrected chi connectivity index (χ1v) is 7.88. The lowest BCUT2D eigenvalue weighted by Gasteiger charge is -2.16. The number of unbranched alkanes of at least 4 members (excludes halogenated alkanes) is 1. The quantitative estimate of drug-likeness (QED) is 0.587. The summed E-state index contributed by atoms with van der Waals surface area (Å²) in [4.78, 5) is 0. The van der Waals surface area contributed by atoms with E-state index in [9.17, 15) is 0 Å². The fourth-order valence-corrected chi connectivity index (χ4v) is 2.98. The highest BCUT2D eigenvalue weighted by Gasteiger charge is 2.19. The second-order valence-corrected chi connectivity index (χ2v) is 5.66. The molecule has 0 bridgehead atoms. The van der Waals surface area contributed by atoms with Crippen LogP contribution >= 0.6 is 0 Å². The van der Waals surface area contributed by atoms with E-state index in [4.69, 9.17) is 5.11 Å². The largest absolute Gasteiger partial charge is 0.396 e. The summed E-state index contributed by atoms with van der Waals surface area (Å²) in [6.45, 7) is 4.68. The van der Waals surface area contributed by atoms with Gasteiger partial charge in [0.25, 0.3) is 0 Å². The number of hydrogen-bond donors (Lipinski definition) is 2. The van der Waals surface area contributed by atoms with Crippen LogP contribution in [-0.2, 0) is 13.0 Å². The van der Waals surface area contributed by atoms with Crippen LogP contribution in [0.4, 0.5) is 0 Å². The zero-order valence-electron chi connectivity index (χ0n) is 12.2. The van der Waals surface area contributed by atoms with Gasteiger partial charge in [-0.3, -0.25) is 0 Å². The van der Waals surface area contributed by atoms with E-state index in [0.717, 1.165) is 25.9 Å². The number of rotatable bonds is 7. The molecule has 0 radical (unpaired) electrons. The number of nitrogens with one attached hydrogen (secondary N) is 1. The lowest BCUT2D eigenvalue weighted by atomic mass is 10.0. The predicted molar refractivity (Wildman–Crippen MR) is 79.3 cm³/mol. The molecular formula is C16H28N2O. The third kappa shape index (κ3) is 4.08. The molecule has 1 aromatic heterocycles. The Morgan fingerprint density at radius 2 is 2.21 bits per heavy atom. The molecule has 0 fully saturated rings. The Morgan fingerprint density at radius 1 is 1.32 bits per heavy atom. The maximum atomic E-state index is 8.86. The maximum Gasteiger partial charge on any atom is 0.0431 e. The van der Waals surface area contributed by atoms with E-state index in [0.29, 0.717) is 12.6 Å². The smallest absolute Gasteiger partial charge is 0.0431 e. The fraction of sp³-hybridized carbons (Fsp3) is 0.750. The van der Waals surface area contributed by atoms with Crippen molar-refractivity contribution in [2.24, 2.45) is 0 Å². The molecule has 2 rings (SSSR count). The Balaban J connectivity index is 2.03. The van der Waals surface area contributed by atoms with Crippen molar-refractivity contribution in [2.75, 3.05) is 13.2 Å². The summed E-state index contributed by atoms with van der Waals surface area (Å²) < 4.78 is 2.33. The van der Waals surface area contributed by atoms with Gasteiger partial charge < -0.3 is 15.0 Å². The molecule has 0 amide bonds. The Hall–Kier alpha value is -0.800. The van der Waals surface area contributed by atoms with Crippen molar-refractivity contribution >= 4 is 0 Å². The SMILES string of the molecule is CCCNC1CCCCc2cn(CCCCO)cc21. The molecule has 2 N–H and O–H groups in total. The molecule has 0 aromatic carbocycles. The molecule has 1 aromatic rings. The minimum atomic E-state index is 0.307. The second kappa shape index (κ2) is 7.71. The predicted octanol–water partition coefficient (Wildman–Crippen LogP) is 3.03. The number of aliphatic hydroxyl groups excluding tert-OH is 1. The van der Waals surface area contributed by atoms with E-state index < -0.39 is 0 Å². The summed E-state index contributed by atoms with van der Waals surface area (Å²) in [5, 5.41) is 12.6. The van der Waals surface area contributed by atoms with Gasteiger partial charge in [0.05, 0.1) is 0 Å². The maximum absolute atomic E-state index is 8.86. The molecule has 1 heterocycles. The standard InChI is InChI=1S/C16H28N2O/c1-2-9-17-16-8-4-3-7-14-12-18(13-15(14)16)10-5-6-11-19/h12-13,16-17,19H,2-11H2,1H3. The molecule has 0 saturated heterocycles. The zero-order chi connectivity index (χ0) is 13.5. The average Bonchev–Trinajstić information content (AvgIpc) is 2.72. The van der Waals surface area contributed by atoms with Crippen LogP contribution in [-0.4, -0.2) is 22.8 Å². The minimum absolute atomic E-state index is 0.307. The van der Waals surface area contributed by atoms with Crippen LogP contribution < -0.4 is 5.32 Å². The fourth-order valence-electron chi connectivity index (χ4n) is 2.98. The van der Waals surface area contributed by atoms with Gasteiger partial charge in [0.2, 0.25) is 0 Å². The Morgan fingerprint density at radius 3 is 3.00 bits per heavy atom. The monoisotopic (exact) mass is 264 g/mol. The van der Waals surface area contributed by atoms with Gasteiger partial charge in [-0.25, -0.2) is 0 Å². The number of fused-ring (bicyclic) bond motifs is 1. The van der Waals surface area contributed by atoms with Crippen molar-refractivity contribution in [2.45, 2.75) is 64.5 Å². The average molecular weight is 264 g/mol. The van der Waals surface area contributed by atoms with Crippen LogP contribution in [0.2, 0.25) is 0 Å². The summed E-state index contributed by atoms with van der Waals surface area (Å²) in [5.41, 5.74) is 3.06. The first kappa shape index (κ1) is 14.6. The first-order valence-electron chi connectivity index (χ1n) is 7.88. The van der Waals surface area contributed by atoms with Crippen molar-refractivity contribution < 1.29 is 5.11 Å². The van der Waals surface area contributed by atoms with E-state index >= 15 is 0 Å². The molecular weight excluding hydrogens is 236 g/mol. The molecule has 3 nitrogen and oxygen atoms in total. The van der Waals surface area contributed by atoms with Crippen LogP contribution in [0.3, 0.4) is 0 Å². The molecule has 0 spiro atoms. The van der Waals surface area contributed by atoms with Gasteiger partial charge in [-0.05, 0) is 56.2 Å². The van der Waals surface area contributed by atoms with Crippen LogP contribution in [0.1, 0.15) is 62.6 Å². The molecule has 1 atom stereocenters. The Kier molecular flexibility index (Phi) is 5.93. The van der Waals surface area contributed by atoms with Gasteiger partial charge in [0, 0.05) is 31.6 Å². The molecule has 1 aliphatic rings. The summed E-state index contributed by atoms with van der Waals surface area (Å²) in [5.74, 6) is 0. The van der Waals surface area contributed by atoms with E-state index in [-0.39, 0.29) is 0 Å². The highest BCUT2D eigenvalue weighted by molar-refractivity contribution is 5.29. The molecule has 108 valence electrons. The highest BCUT2D eigenvalue weighted by Crippen LogP contribution is 2.29. The van der Waals surface area contributed by atoms with Crippen LogP contribution in [0.5, 0.6) is 0 Å². The minimum Gasteiger partial charge on any atom is -0.396 e.